The Morgan fingerprint density at radius 2 is 1.53 bits per heavy atom. The zero-order valence-corrected chi connectivity index (χ0v) is 13.3. The van der Waals surface area contributed by atoms with E-state index < -0.39 is 8.32 Å². The van der Waals surface area contributed by atoms with Crippen LogP contribution in [0.4, 0.5) is 0 Å². The van der Waals surface area contributed by atoms with Crippen molar-refractivity contribution in [2.24, 2.45) is 0 Å². The van der Waals surface area contributed by atoms with Crippen molar-refractivity contribution in [2.75, 3.05) is 0 Å². The molecule has 15 heavy (non-hydrogen) atoms. The van der Waals surface area contributed by atoms with Crippen LogP contribution in [0.25, 0.3) is 0 Å². The maximum atomic E-state index is 6.19. The van der Waals surface area contributed by atoms with E-state index in [2.05, 4.69) is 80.3 Å². The largest absolute Gasteiger partial charge is 0.409 e. The van der Waals surface area contributed by atoms with E-state index in [1.54, 1.807) is 0 Å². The molecule has 0 saturated carbocycles. The molecule has 0 aromatic heterocycles. The molecular weight excluding hydrogens is 315 g/mol. The molecule has 84 valence electrons. The molecule has 0 bridgehead atoms. The molecule has 0 heterocycles. The lowest BCUT2D eigenvalue weighted by atomic mass is 9.99. The Labute approximate surface area is 108 Å². The van der Waals surface area contributed by atoms with Gasteiger partial charge in [0.05, 0.1) is 5.60 Å². The maximum Gasteiger partial charge on any atom is 0.184 e. The molecule has 0 unspecified atom stereocenters. The van der Waals surface area contributed by atoms with Crippen LogP contribution < -0.4 is 0 Å². The van der Waals surface area contributed by atoms with Crippen molar-refractivity contribution < 1.29 is 4.43 Å². The van der Waals surface area contributed by atoms with Gasteiger partial charge in [0.2, 0.25) is 0 Å². The summed E-state index contributed by atoms with van der Waals surface area (Å²) >= 11 is 2.32. The molecule has 1 aromatic carbocycles. The van der Waals surface area contributed by atoms with Gasteiger partial charge in [-0.3, -0.25) is 0 Å². The fourth-order valence-corrected chi connectivity index (χ4v) is 3.68. The van der Waals surface area contributed by atoms with E-state index in [0.717, 1.165) is 0 Å². The molecule has 0 fully saturated rings. The summed E-state index contributed by atoms with van der Waals surface area (Å²) in [6.07, 6.45) is 0. The average Bonchev–Trinajstić information content (AvgIpc) is 2.00. The van der Waals surface area contributed by atoms with Gasteiger partial charge in [0.15, 0.2) is 8.32 Å². The van der Waals surface area contributed by atoms with Crippen LogP contribution in [0, 0.1) is 3.57 Å². The highest BCUT2D eigenvalue weighted by atomic mass is 127. The minimum atomic E-state index is -1.49. The molecule has 0 aliphatic carbocycles. The molecule has 1 aromatic rings. The second-order valence-corrected chi connectivity index (χ2v) is 10.9. The van der Waals surface area contributed by atoms with Crippen LogP contribution in [0.5, 0.6) is 0 Å². The first-order chi connectivity index (χ1) is 6.71. The van der Waals surface area contributed by atoms with Gasteiger partial charge in [-0.2, -0.15) is 0 Å². The minimum Gasteiger partial charge on any atom is -0.409 e. The summed E-state index contributed by atoms with van der Waals surface area (Å²) in [6, 6.07) is 8.57. The molecule has 0 aliphatic rings. The molecular formula is C12H19IOSi. The van der Waals surface area contributed by atoms with Gasteiger partial charge in [-0.25, -0.2) is 0 Å². The molecule has 0 saturated heterocycles. The van der Waals surface area contributed by atoms with Crippen molar-refractivity contribution in [3.8, 4) is 0 Å². The number of rotatable bonds is 3. The zero-order valence-electron chi connectivity index (χ0n) is 10.1. The monoisotopic (exact) mass is 334 g/mol. The van der Waals surface area contributed by atoms with Gasteiger partial charge in [-0.1, -0.05) is 12.1 Å². The zero-order chi connectivity index (χ0) is 11.7. The smallest absolute Gasteiger partial charge is 0.184 e. The third kappa shape index (κ3) is 4.24. The standard InChI is InChI=1S/C12H19IOSi/c1-12(2,14-15(3,4)5)10-6-8-11(13)9-7-10/h6-9H,1-5H3. The van der Waals surface area contributed by atoms with E-state index in [-0.39, 0.29) is 5.60 Å². The average molecular weight is 334 g/mol. The highest BCUT2D eigenvalue weighted by molar-refractivity contribution is 14.1. The van der Waals surface area contributed by atoms with Gasteiger partial charge in [0.1, 0.15) is 0 Å². The van der Waals surface area contributed by atoms with Crippen LogP contribution >= 0.6 is 22.6 Å². The van der Waals surface area contributed by atoms with Gasteiger partial charge in [0, 0.05) is 3.57 Å². The molecule has 1 rings (SSSR count). The second-order valence-electron chi connectivity index (χ2n) is 5.23. The molecule has 0 amide bonds. The Morgan fingerprint density at radius 3 is 1.93 bits per heavy atom. The Morgan fingerprint density at radius 1 is 1.07 bits per heavy atom. The van der Waals surface area contributed by atoms with Gasteiger partial charge >= 0.3 is 0 Å². The number of halogens is 1. The van der Waals surface area contributed by atoms with E-state index in [4.69, 9.17) is 4.43 Å². The Bertz CT molecular complexity index is 324. The highest BCUT2D eigenvalue weighted by Crippen LogP contribution is 2.28. The SMILES string of the molecule is CC(C)(O[Si](C)(C)C)c1ccc(I)cc1. The van der Waals surface area contributed by atoms with Gasteiger partial charge in [-0.05, 0) is 73.8 Å². The van der Waals surface area contributed by atoms with Crippen molar-refractivity contribution in [3.05, 3.63) is 33.4 Å². The van der Waals surface area contributed by atoms with Crippen LogP contribution in [0.2, 0.25) is 19.6 Å². The third-order valence-electron chi connectivity index (χ3n) is 2.10. The Hall–Kier alpha value is 0.127. The van der Waals surface area contributed by atoms with Crippen molar-refractivity contribution >= 4 is 30.9 Å². The van der Waals surface area contributed by atoms with E-state index in [1.165, 1.54) is 9.13 Å². The molecule has 0 atom stereocenters. The van der Waals surface area contributed by atoms with Gasteiger partial charge in [-0.15, -0.1) is 0 Å². The number of benzene rings is 1. The lowest BCUT2D eigenvalue weighted by Crippen LogP contribution is -2.36. The van der Waals surface area contributed by atoms with Crippen LogP contribution in [0.1, 0.15) is 19.4 Å². The van der Waals surface area contributed by atoms with Crippen LogP contribution in [-0.4, -0.2) is 8.32 Å². The van der Waals surface area contributed by atoms with E-state index >= 15 is 0 Å². The van der Waals surface area contributed by atoms with E-state index in [0.29, 0.717) is 0 Å². The number of hydrogen-bond acceptors (Lipinski definition) is 1. The van der Waals surface area contributed by atoms with Gasteiger partial charge < -0.3 is 4.43 Å². The van der Waals surface area contributed by atoms with Crippen LogP contribution in [0.3, 0.4) is 0 Å². The normalized spacial score (nSPS) is 12.9. The first-order valence-corrected chi connectivity index (χ1v) is 9.66. The summed E-state index contributed by atoms with van der Waals surface area (Å²) in [7, 11) is -1.49. The summed E-state index contributed by atoms with van der Waals surface area (Å²) < 4.78 is 7.45. The molecule has 0 radical (unpaired) electrons. The highest BCUT2D eigenvalue weighted by Gasteiger charge is 2.28. The van der Waals surface area contributed by atoms with E-state index in [1.807, 2.05) is 0 Å². The molecule has 3 heteroatoms. The van der Waals surface area contributed by atoms with Crippen molar-refractivity contribution in [1.29, 1.82) is 0 Å². The third-order valence-corrected chi connectivity index (χ3v) is 3.94. The van der Waals surface area contributed by atoms with Crippen molar-refractivity contribution in [3.63, 3.8) is 0 Å². The lowest BCUT2D eigenvalue weighted by molar-refractivity contribution is 0.1000. The summed E-state index contributed by atoms with van der Waals surface area (Å²) in [4.78, 5) is 0. The summed E-state index contributed by atoms with van der Waals surface area (Å²) in [5.41, 5.74) is 1.08. The first kappa shape index (κ1) is 13.2. The predicted octanol–water partition coefficient (Wildman–Crippen LogP) is 4.38. The lowest BCUT2D eigenvalue weighted by Gasteiger charge is -2.33. The first-order valence-electron chi connectivity index (χ1n) is 5.17. The predicted molar refractivity (Wildman–Crippen MR) is 76.6 cm³/mol. The quantitative estimate of drug-likeness (QED) is 0.589. The van der Waals surface area contributed by atoms with E-state index in [9.17, 15) is 0 Å². The second kappa shape index (κ2) is 4.55. The summed E-state index contributed by atoms with van der Waals surface area (Å²) in [5, 5.41) is 0. The molecule has 0 spiro atoms. The van der Waals surface area contributed by atoms with Crippen molar-refractivity contribution in [2.45, 2.75) is 39.1 Å². The molecule has 0 aliphatic heterocycles. The minimum absolute atomic E-state index is 0.172. The molecule has 0 N–H and O–H groups in total. The van der Waals surface area contributed by atoms with Gasteiger partial charge in [0.25, 0.3) is 0 Å². The molecule has 1 nitrogen and oxygen atoms in total. The van der Waals surface area contributed by atoms with Crippen molar-refractivity contribution in [1.82, 2.24) is 0 Å². The number of hydrogen-bond donors (Lipinski definition) is 0. The maximum absolute atomic E-state index is 6.19. The Kier molecular flexibility index (Phi) is 4.00. The summed E-state index contributed by atoms with van der Waals surface area (Å²) in [6.45, 7) is 11.0. The fraction of sp³-hybridized carbons (Fsp3) is 0.500. The topological polar surface area (TPSA) is 9.23 Å². The fourth-order valence-electron chi connectivity index (χ4n) is 1.68. The van der Waals surface area contributed by atoms with Crippen LogP contribution in [0.15, 0.2) is 24.3 Å². The summed E-state index contributed by atoms with van der Waals surface area (Å²) in [5.74, 6) is 0. The van der Waals surface area contributed by atoms with Crippen LogP contribution in [-0.2, 0) is 10.0 Å². The Balaban J connectivity index is 2.90.